The van der Waals surface area contributed by atoms with E-state index >= 15 is 0 Å². The van der Waals surface area contributed by atoms with Crippen LogP contribution in [0.3, 0.4) is 0 Å². The molecule has 0 rings (SSSR count). The number of hydrogen-bond acceptors (Lipinski definition) is 6. The van der Waals surface area contributed by atoms with Crippen molar-refractivity contribution in [3.8, 4) is 0 Å². The minimum Gasteiger partial charge on any atom is -0.331 e. The monoisotopic (exact) mass is 722 g/mol. The second-order valence-electron chi connectivity index (χ2n) is 8.09. The molecule has 0 aliphatic rings. The molecule has 0 spiro atoms. The number of imide groups is 2. The smallest absolute Gasteiger partial charge is 0.331 e. The highest BCUT2D eigenvalue weighted by molar-refractivity contribution is 6.01. The van der Waals surface area contributed by atoms with Crippen LogP contribution >= 0.6 is 0 Å². The first kappa shape index (κ1) is 42.0. The fourth-order valence-electron chi connectivity index (χ4n) is 2.87. The predicted molar refractivity (Wildman–Crippen MR) is 103 cm³/mol. The van der Waals surface area contributed by atoms with Crippen LogP contribution in [-0.2, 0) is 28.8 Å². The summed E-state index contributed by atoms with van der Waals surface area (Å²) in [6.45, 7) is -13.4. The molecule has 0 saturated heterocycles. The van der Waals surface area contributed by atoms with E-state index in [1.165, 1.54) is 0 Å². The van der Waals surface area contributed by atoms with E-state index in [9.17, 15) is 108 Å². The largest absolute Gasteiger partial charge is 0.471 e. The lowest BCUT2D eigenvalue weighted by atomic mass is 10.3. The average molecular weight is 722 g/mol. The molecule has 0 aromatic carbocycles. The zero-order valence-electron chi connectivity index (χ0n) is 21.3. The van der Waals surface area contributed by atoms with Crippen molar-refractivity contribution >= 4 is 35.4 Å². The van der Waals surface area contributed by atoms with Crippen LogP contribution in [0, 0.1) is 0 Å². The Hall–Kier alpha value is -4.04. The van der Waals surface area contributed by atoms with Gasteiger partial charge in [-0.25, -0.2) is 0 Å². The van der Waals surface area contributed by atoms with Crippen LogP contribution in [-0.4, -0.2) is 131 Å². The number of hydrogen-bond donors (Lipinski definition) is 0. The number of rotatable bonds is 9. The van der Waals surface area contributed by atoms with Gasteiger partial charge in [0.15, 0.2) is 0 Å². The highest BCUT2D eigenvalue weighted by Crippen LogP contribution is 2.27. The summed E-state index contributed by atoms with van der Waals surface area (Å²) in [6.07, 6.45) is -37.6. The fourth-order valence-corrected chi connectivity index (χ4v) is 2.87. The number of carbonyl (C=O) groups excluding carboxylic acids is 6. The van der Waals surface area contributed by atoms with Crippen molar-refractivity contribution in [2.45, 2.75) is 37.1 Å². The van der Waals surface area contributed by atoms with Gasteiger partial charge in [0, 0.05) is 39.3 Å². The minimum atomic E-state index is -6.32. The van der Waals surface area contributed by atoms with Crippen molar-refractivity contribution in [2.24, 2.45) is 0 Å². The van der Waals surface area contributed by atoms with Gasteiger partial charge >= 0.3 is 72.5 Å². The first-order valence-electron chi connectivity index (χ1n) is 10.9. The third-order valence-electron chi connectivity index (χ3n) is 4.84. The van der Waals surface area contributed by atoms with Crippen LogP contribution < -0.4 is 0 Å². The Balaban J connectivity index is 6.52. The molecule has 0 heterocycles. The van der Waals surface area contributed by atoms with Crippen LogP contribution in [0.4, 0.5) is 79.0 Å². The van der Waals surface area contributed by atoms with Crippen LogP contribution in [0.25, 0.3) is 0 Å². The number of carbonyl (C=O) groups is 6. The van der Waals surface area contributed by atoms with Crippen molar-refractivity contribution in [3.05, 3.63) is 0 Å². The first-order chi connectivity index (χ1) is 20.1. The summed E-state index contributed by atoms with van der Waals surface area (Å²) < 4.78 is 230. The summed E-state index contributed by atoms with van der Waals surface area (Å²) in [7, 11) is 0. The highest BCUT2D eigenvalue weighted by atomic mass is 19.4. The molecule has 0 saturated carbocycles. The molecule has 10 nitrogen and oxygen atoms in total. The Bertz CT molecular complexity index is 1030. The van der Waals surface area contributed by atoms with Crippen molar-refractivity contribution in [1.82, 2.24) is 19.6 Å². The molecular formula is C18H12F18N4O6. The van der Waals surface area contributed by atoms with Gasteiger partial charge in [0.1, 0.15) is 0 Å². The fraction of sp³-hybridized carbons (Fsp3) is 0.667. The van der Waals surface area contributed by atoms with Gasteiger partial charge in [-0.3, -0.25) is 38.6 Å². The van der Waals surface area contributed by atoms with E-state index in [1.807, 2.05) is 0 Å². The van der Waals surface area contributed by atoms with Crippen LogP contribution in [0.2, 0.25) is 0 Å². The van der Waals surface area contributed by atoms with Crippen molar-refractivity contribution in [3.63, 3.8) is 0 Å². The van der Waals surface area contributed by atoms with E-state index in [1.54, 1.807) is 0 Å². The summed E-state index contributed by atoms with van der Waals surface area (Å²) in [5.74, 6) is -21.3. The number of nitrogens with zero attached hydrogens (tertiary/aromatic N) is 4. The number of alkyl halides is 18. The SMILES string of the molecule is O=C(N(CCN(CCN(C(=O)C(F)(F)F)C(=O)C(F)(F)F)C(=O)C(F)(F)F)CCN(C(=O)C(F)(F)F)C(=O)C(F)(F)F)C(F)(F)F. The summed E-state index contributed by atoms with van der Waals surface area (Å²) in [6, 6.07) is 0. The third-order valence-corrected chi connectivity index (χ3v) is 4.84. The molecule has 0 aliphatic heterocycles. The maximum absolute atomic E-state index is 13.0. The van der Waals surface area contributed by atoms with Crippen LogP contribution in [0.1, 0.15) is 0 Å². The van der Waals surface area contributed by atoms with Crippen molar-refractivity contribution in [2.75, 3.05) is 39.3 Å². The molecule has 0 radical (unpaired) electrons. The molecule has 0 aromatic rings. The van der Waals surface area contributed by atoms with Crippen LogP contribution in [0.5, 0.6) is 0 Å². The number of halogens is 18. The Morgan fingerprint density at radius 3 is 0.587 bits per heavy atom. The lowest BCUT2D eigenvalue weighted by Crippen LogP contribution is -2.56. The summed E-state index contributed by atoms with van der Waals surface area (Å²) in [4.78, 5) is 62.8. The Morgan fingerprint density at radius 2 is 0.435 bits per heavy atom. The summed E-state index contributed by atoms with van der Waals surface area (Å²) >= 11 is 0. The van der Waals surface area contributed by atoms with E-state index in [2.05, 4.69) is 0 Å². The lowest BCUT2D eigenvalue weighted by molar-refractivity contribution is -0.205. The van der Waals surface area contributed by atoms with E-state index in [-0.39, 0.29) is 0 Å². The third kappa shape index (κ3) is 12.0. The summed E-state index contributed by atoms with van der Waals surface area (Å²) in [5.41, 5.74) is 0. The normalized spacial score (nSPS) is 13.2. The molecule has 266 valence electrons. The van der Waals surface area contributed by atoms with Crippen molar-refractivity contribution < 1.29 is 108 Å². The quantitative estimate of drug-likeness (QED) is 0.339. The van der Waals surface area contributed by atoms with E-state index in [0.29, 0.717) is 0 Å². The second kappa shape index (κ2) is 14.2. The first-order valence-corrected chi connectivity index (χ1v) is 10.9. The molecule has 0 unspecified atom stereocenters. The molecule has 28 heteroatoms. The van der Waals surface area contributed by atoms with Gasteiger partial charge in [-0.15, -0.1) is 0 Å². The Morgan fingerprint density at radius 1 is 0.283 bits per heavy atom. The highest BCUT2D eigenvalue weighted by Gasteiger charge is 2.54. The van der Waals surface area contributed by atoms with Gasteiger partial charge in [0.25, 0.3) is 0 Å². The lowest BCUT2D eigenvalue weighted by Gasteiger charge is -2.32. The van der Waals surface area contributed by atoms with Gasteiger partial charge < -0.3 is 9.80 Å². The summed E-state index contributed by atoms with van der Waals surface area (Å²) in [5, 5.41) is 0. The van der Waals surface area contributed by atoms with Crippen LogP contribution in [0.15, 0.2) is 0 Å². The number of amides is 6. The predicted octanol–water partition coefficient (Wildman–Crippen LogP) is 2.73. The molecule has 6 amide bonds. The standard InChI is InChI=1S/C18H12F18N4O6/c19-13(20,21)7(41)37(3-5-39(9(43)15(25,26)27)10(44)16(28,29)30)1-2-38(8(42)14(22,23)24)4-6-40(11(45)17(31,32)33)12(46)18(34,35)36/h1-6H2. The Labute approximate surface area is 240 Å². The molecule has 0 atom stereocenters. The van der Waals surface area contributed by atoms with Gasteiger partial charge in [0.2, 0.25) is 0 Å². The molecule has 0 N–H and O–H groups in total. The topological polar surface area (TPSA) is 115 Å². The zero-order chi connectivity index (χ0) is 37.0. The second-order valence-corrected chi connectivity index (χ2v) is 8.09. The van der Waals surface area contributed by atoms with E-state index in [4.69, 9.17) is 0 Å². The van der Waals surface area contributed by atoms with Gasteiger partial charge in [-0.1, -0.05) is 0 Å². The maximum Gasteiger partial charge on any atom is 0.471 e. The molecule has 0 bridgehead atoms. The molecule has 0 aromatic heterocycles. The average Bonchev–Trinajstić information content (AvgIpc) is 2.84. The van der Waals surface area contributed by atoms with E-state index in [0.717, 1.165) is 0 Å². The molecule has 46 heavy (non-hydrogen) atoms. The Kier molecular flexibility index (Phi) is 12.9. The minimum absolute atomic E-state index is 0.990. The van der Waals surface area contributed by atoms with Gasteiger partial charge in [0.05, 0.1) is 0 Å². The maximum atomic E-state index is 13.0. The van der Waals surface area contributed by atoms with E-state index < -0.39 is 131 Å². The molecule has 0 fully saturated rings. The molecular weight excluding hydrogens is 710 g/mol. The zero-order valence-corrected chi connectivity index (χ0v) is 21.3. The molecule has 0 aliphatic carbocycles. The van der Waals surface area contributed by atoms with Gasteiger partial charge in [-0.2, -0.15) is 79.0 Å². The van der Waals surface area contributed by atoms with Crippen molar-refractivity contribution in [1.29, 1.82) is 0 Å². The van der Waals surface area contributed by atoms with Gasteiger partial charge in [-0.05, 0) is 0 Å².